The molecule has 1 N–H and O–H groups in total. The highest BCUT2D eigenvalue weighted by molar-refractivity contribution is 6.31. The van der Waals surface area contributed by atoms with E-state index in [2.05, 4.69) is 5.32 Å². The molecule has 6 heteroatoms. The third-order valence-corrected chi connectivity index (χ3v) is 6.59. The number of rotatable bonds is 5. The van der Waals surface area contributed by atoms with Crippen LogP contribution in [0, 0.1) is 0 Å². The summed E-state index contributed by atoms with van der Waals surface area (Å²) < 4.78 is 11.0. The number of halogens is 1. The predicted octanol–water partition coefficient (Wildman–Crippen LogP) is 5.66. The lowest BCUT2D eigenvalue weighted by Gasteiger charge is -2.29. The van der Waals surface area contributed by atoms with Crippen LogP contribution in [-0.4, -0.2) is 18.9 Å². The number of carbonyl (C=O) groups excluding carboxylic acids is 2. The number of Topliss-reactive ketones (excluding diaryl/α,β-unsaturated/α-hetero) is 1. The van der Waals surface area contributed by atoms with E-state index >= 15 is 0 Å². The Morgan fingerprint density at radius 3 is 2.35 bits per heavy atom. The molecular weight excluding hydrogens is 450 g/mol. The number of allylic oxidation sites excluding steroid dienone is 2. The SMILES string of the molecule is COC(=O)C1=C(C)NC2=C(C(=O)c3ccccc32)C1c1ccc(OCc2ccccc2Cl)cc1. The number of nitrogens with one attached hydrogen (secondary N) is 1. The van der Waals surface area contributed by atoms with Crippen molar-refractivity contribution in [2.24, 2.45) is 0 Å². The van der Waals surface area contributed by atoms with Crippen molar-refractivity contribution in [2.75, 3.05) is 7.11 Å². The molecule has 1 aliphatic carbocycles. The Hall–Kier alpha value is -3.83. The molecule has 5 rings (SSSR count). The largest absolute Gasteiger partial charge is 0.489 e. The minimum atomic E-state index is -0.554. The zero-order valence-electron chi connectivity index (χ0n) is 18.7. The molecule has 0 fully saturated rings. The molecule has 0 saturated heterocycles. The summed E-state index contributed by atoms with van der Waals surface area (Å²) in [6.45, 7) is 2.16. The number of hydrogen-bond acceptors (Lipinski definition) is 5. The summed E-state index contributed by atoms with van der Waals surface area (Å²) in [5, 5.41) is 3.93. The molecule has 0 bridgehead atoms. The Balaban J connectivity index is 1.51. The normalized spacial score (nSPS) is 16.7. The van der Waals surface area contributed by atoms with Crippen LogP contribution >= 0.6 is 11.6 Å². The van der Waals surface area contributed by atoms with Gasteiger partial charge >= 0.3 is 5.97 Å². The first-order chi connectivity index (χ1) is 16.5. The van der Waals surface area contributed by atoms with Crippen LogP contribution in [0.25, 0.3) is 5.70 Å². The number of ether oxygens (including phenoxy) is 2. The van der Waals surface area contributed by atoms with E-state index in [0.29, 0.717) is 39.8 Å². The van der Waals surface area contributed by atoms with Gasteiger partial charge in [0.15, 0.2) is 5.78 Å². The fourth-order valence-electron chi connectivity index (χ4n) is 4.58. The zero-order chi connectivity index (χ0) is 23.8. The highest BCUT2D eigenvalue weighted by Crippen LogP contribution is 2.46. The first kappa shape index (κ1) is 22.0. The van der Waals surface area contributed by atoms with Crippen molar-refractivity contribution in [1.29, 1.82) is 0 Å². The van der Waals surface area contributed by atoms with Gasteiger partial charge in [0.05, 0.1) is 18.4 Å². The summed E-state index contributed by atoms with van der Waals surface area (Å²) >= 11 is 6.22. The van der Waals surface area contributed by atoms with E-state index in [1.807, 2.05) is 79.7 Å². The van der Waals surface area contributed by atoms with Gasteiger partial charge in [0, 0.05) is 38.9 Å². The molecule has 1 unspecified atom stereocenters. The number of esters is 1. The standard InChI is InChI=1S/C28H22ClNO4/c1-16-23(28(32)33-2)24(25-26(30-16)20-8-4-5-9-21(20)27(25)31)17-11-13-19(14-12-17)34-15-18-7-3-6-10-22(18)29/h3-14,24,30H,15H2,1-2H3. The molecule has 0 spiro atoms. The minimum absolute atomic E-state index is 0.0870. The Kier molecular flexibility index (Phi) is 5.72. The summed E-state index contributed by atoms with van der Waals surface area (Å²) in [4.78, 5) is 26.2. The fourth-order valence-corrected chi connectivity index (χ4v) is 4.77. The highest BCUT2D eigenvalue weighted by Gasteiger charge is 2.42. The molecule has 0 amide bonds. The topological polar surface area (TPSA) is 64.6 Å². The van der Waals surface area contributed by atoms with Gasteiger partial charge in [0.2, 0.25) is 0 Å². The average Bonchev–Trinajstić information content (AvgIpc) is 3.14. The van der Waals surface area contributed by atoms with Gasteiger partial charge in [-0.1, -0.05) is 66.2 Å². The summed E-state index contributed by atoms with van der Waals surface area (Å²) in [6.07, 6.45) is 0. The third-order valence-electron chi connectivity index (χ3n) is 6.22. The van der Waals surface area contributed by atoms with Crippen LogP contribution in [0.1, 0.15) is 39.9 Å². The molecule has 34 heavy (non-hydrogen) atoms. The number of ketones is 1. The monoisotopic (exact) mass is 471 g/mol. The van der Waals surface area contributed by atoms with E-state index in [9.17, 15) is 9.59 Å². The van der Waals surface area contributed by atoms with E-state index in [1.165, 1.54) is 7.11 Å². The average molecular weight is 472 g/mol. The van der Waals surface area contributed by atoms with E-state index in [4.69, 9.17) is 21.1 Å². The predicted molar refractivity (Wildman–Crippen MR) is 131 cm³/mol. The number of methoxy groups -OCH3 is 1. The number of fused-ring (bicyclic) bond motifs is 2. The molecule has 3 aromatic rings. The quantitative estimate of drug-likeness (QED) is 0.486. The van der Waals surface area contributed by atoms with Crippen molar-refractivity contribution in [3.8, 4) is 5.75 Å². The molecule has 5 nitrogen and oxygen atoms in total. The maximum atomic E-state index is 13.4. The lowest BCUT2D eigenvalue weighted by atomic mass is 9.80. The van der Waals surface area contributed by atoms with E-state index in [-0.39, 0.29) is 5.78 Å². The van der Waals surface area contributed by atoms with Crippen LogP contribution in [0.4, 0.5) is 0 Å². The van der Waals surface area contributed by atoms with Crippen LogP contribution in [0.5, 0.6) is 5.75 Å². The van der Waals surface area contributed by atoms with Crippen molar-refractivity contribution >= 4 is 29.1 Å². The molecule has 1 heterocycles. The molecule has 0 aromatic heterocycles. The van der Waals surface area contributed by atoms with Crippen molar-refractivity contribution in [1.82, 2.24) is 5.32 Å². The fraction of sp³-hybridized carbons (Fsp3) is 0.143. The highest BCUT2D eigenvalue weighted by atomic mass is 35.5. The summed E-state index contributed by atoms with van der Waals surface area (Å²) in [6, 6.07) is 22.4. The van der Waals surface area contributed by atoms with Crippen LogP contribution in [-0.2, 0) is 16.1 Å². The van der Waals surface area contributed by atoms with Gasteiger partial charge in [0.25, 0.3) is 0 Å². The van der Waals surface area contributed by atoms with Gasteiger partial charge in [-0.25, -0.2) is 4.79 Å². The van der Waals surface area contributed by atoms with Gasteiger partial charge in [0.1, 0.15) is 12.4 Å². The third kappa shape index (κ3) is 3.68. The lowest BCUT2D eigenvalue weighted by Crippen LogP contribution is -2.29. The first-order valence-corrected chi connectivity index (χ1v) is 11.3. The molecule has 2 aliphatic rings. The summed E-state index contributed by atoms with van der Waals surface area (Å²) in [5.41, 5.74) is 5.55. The Bertz CT molecular complexity index is 1370. The zero-order valence-corrected chi connectivity index (χ0v) is 19.5. The Morgan fingerprint density at radius 2 is 1.65 bits per heavy atom. The van der Waals surface area contributed by atoms with Crippen LogP contribution in [0.15, 0.2) is 89.6 Å². The molecule has 0 saturated carbocycles. The van der Waals surface area contributed by atoms with Crippen molar-refractivity contribution in [3.05, 3.63) is 117 Å². The number of dihydropyridines is 1. The maximum Gasteiger partial charge on any atom is 0.336 e. The molecular formula is C28H22ClNO4. The Morgan fingerprint density at radius 1 is 0.971 bits per heavy atom. The Labute approximate surface area is 202 Å². The number of benzene rings is 3. The van der Waals surface area contributed by atoms with E-state index in [0.717, 1.165) is 22.4 Å². The maximum absolute atomic E-state index is 13.4. The molecule has 170 valence electrons. The van der Waals surface area contributed by atoms with Crippen LogP contribution < -0.4 is 10.1 Å². The molecule has 3 aromatic carbocycles. The van der Waals surface area contributed by atoms with Gasteiger partial charge in [-0.3, -0.25) is 4.79 Å². The second-order valence-electron chi connectivity index (χ2n) is 8.20. The molecule has 1 aliphatic heterocycles. The second kappa shape index (κ2) is 8.84. The number of carbonyl (C=O) groups is 2. The lowest BCUT2D eigenvalue weighted by molar-refractivity contribution is -0.136. The first-order valence-electron chi connectivity index (χ1n) is 10.9. The van der Waals surface area contributed by atoms with Crippen molar-refractivity contribution in [3.63, 3.8) is 0 Å². The molecule has 1 atom stereocenters. The smallest absolute Gasteiger partial charge is 0.336 e. The second-order valence-corrected chi connectivity index (χ2v) is 8.61. The van der Waals surface area contributed by atoms with Gasteiger partial charge in [-0.2, -0.15) is 0 Å². The van der Waals surface area contributed by atoms with Crippen LogP contribution in [0.2, 0.25) is 5.02 Å². The van der Waals surface area contributed by atoms with Gasteiger partial charge in [-0.15, -0.1) is 0 Å². The van der Waals surface area contributed by atoms with Gasteiger partial charge < -0.3 is 14.8 Å². The number of hydrogen-bond donors (Lipinski definition) is 1. The van der Waals surface area contributed by atoms with Crippen molar-refractivity contribution in [2.45, 2.75) is 19.4 Å². The summed E-state index contributed by atoms with van der Waals surface area (Å²) in [7, 11) is 1.35. The van der Waals surface area contributed by atoms with E-state index in [1.54, 1.807) is 0 Å². The minimum Gasteiger partial charge on any atom is -0.489 e. The van der Waals surface area contributed by atoms with E-state index < -0.39 is 11.9 Å². The molecule has 0 radical (unpaired) electrons. The van der Waals surface area contributed by atoms with Crippen LogP contribution in [0.3, 0.4) is 0 Å². The summed E-state index contributed by atoms with van der Waals surface area (Å²) in [5.74, 6) is -0.449. The van der Waals surface area contributed by atoms with Crippen molar-refractivity contribution < 1.29 is 19.1 Å². The van der Waals surface area contributed by atoms with Gasteiger partial charge in [-0.05, 0) is 30.7 Å².